The largest absolute Gasteiger partial charge is 0.329 e. The van der Waals surface area contributed by atoms with Gasteiger partial charge >= 0.3 is 0 Å². The molecule has 19 heavy (non-hydrogen) atoms. The molecule has 2 N–H and O–H groups in total. The number of piperidine rings is 1. The van der Waals surface area contributed by atoms with Crippen LogP contribution in [0.4, 0.5) is 8.78 Å². The minimum atomic E-state index is -3.89. The molecule has 1 atom stereocenters. The molecule has 1 fully saturated rings. The first kappa shape index (κ1) is 14.4. The quantitative estimate of drug-likeness (QED) is 0.917. The summed E-state index contributed by atoms with van der Waals surface area (Å²) in [6.45, 7) is 0.541. The molecule has 1 aliphatic heterocycles. The maximum absolute atomic E-state index is 13.2. The number of hydrogen-bond acceptors (Lipinski definition) is 3. The van der Waals surface area contributed by atoms with Crippen molar-refractivity contribution >= 4 is 10.0 Å². The summed E-state index contributed by atoms with van der Waals surface area (Å²) < 4.78 is 52.4. The monoisotopic (exact) mass is 290 g/mol. The maximum Gasteiger partial charge on any atom is 0.243 e. The van der Waals surface area contributed by atoms with Crippen LogP contribution in [0.15, 0.2) is 23.1 Å². The second kappa shape index (κ2) is 5.52. The van der Waals surface area contributed by atoms with Gasteiger partial charge in [0.25, 0.3) is 0 Å². The fourth-order valence-electron chi connectivity index (χ4n) is 2.34. The lowest BCUT2D eigenvalue weighted by Crippen LogP contribution is -2.47. The van der Waals surface area contributed by atoms with E-state index in [9.17, 15) is 17.2 Å². The molecular weight excluding hydrogens is 274 g/mol. The van der Waals surface area contributed by atoms with Crippen LogP contribution in [0, 0.1) is 11.6 Å². The third kappa shape index (κ3) is 2.93. The predicted molar refractivity (Wildman–Crippen MR) is 66.9 cm³/mol. The van der Waals surface area contributed by atoms with Gasteiger partial charge in [0.05, 0.1) is 4.90 Å². The van der Waals surface area contributed by atoms with Crippen LogP contribution < -0.4 is 5.73 Å². The van der Waals surface area contributed by atoms with Gasteiger partial charge in [-0.05, 0) is 25.0 Å². The molecule has 2 rings (SSSR count). The van der Waals surface area contributed by atoms with Crippen molar-refractivity contribution in [2.45, 2.75) is 30.2 Å². The third-order valence-corrected chi connectivity index (χ3v) is 5.22. The Morgan fingerprint density at radius 1 is 1.21 bits per heavy atom. The Morgan fingerprint density at radius 3 is 2.42 bits per heavy atom. The first-order valence-electron chi connectivity index (χ1n) is 6.13. The van der Waals surface area contributed by atoms with E-state index in [2.05, 4.69) is 0 Å². The summed E-state index contributed by atoms with van der Waals surface area (Å²) in [5.74, 6) is -1.81. The van der Waals surface area contributed by atoms with Crippen molar-refractivity contribution in [2.24, 2.45) is 5.73 Å². The zero-order chi connectivity index (χ0) is 14.0. The van der Waals surface area contributed by atoms with E-state index in [0.717, 1.165) is 25.0 Å². The summed E-state index contributed by atoms with van der Waals surface area (Å²) in [7, 11) is -3.89. The standard InChI is InChI=1S/C12H16F2N2O2S/c13-9-5-10(14)7-12(6-9)19(17,18)16-4-2-1-3-11(16)8-15/h5-7,11H,1-4,8,15H2. The smallest absolute Gasteiger partial charge is 0.243 e. The summed E-state index contributed by atoms with van der Waals surface area (Å²) in [6, 6.07) is 2.02. The molecule has 0 amide bonds. The summed E-state index contributed by atoms with van der Waals surface area (Å²) in [5.41, 5.74) is 5.57. The molecule has 4 nitrogen and oxygen atoms in total. The van der Waals surface area contributed by atoms with Gasteiger partial charge in [-0.2, -0.15) is 4.31 Å². The van der Waals surface area contributed by atoms with Gasteiger partial charge in [0.1, 0.15) is 11.6 Å². The molecule has 1 aromatic carbocycles. The van der Waals surface area contributed by atoms with E-state index in [1.54, 1.807) is 0 Å². The lowest BCUT2D eigenvalue weighted by molar-refractivity contribution is 0.257. The van der Waals surface area contributed by atoms with Crippen LogP contribution in [-0.2, 0) is 10.0 Å². The summed E-state index contributed by atoms with van der Waals surface area (Å²) in [4.78, 5) is -0.356. The molecule has 1 aliphatic rings. The number of nitrogens with two attached hydrogens (primary N) is 1. The van der Waals surface area contributed by atoms with E-state index >= 15 is 0 Å². The van der Waals surface area contributed by atoms with Crippen molar-refractivity contribution in [3.8, 4) is 0 Å². The predicted octanol–water partition coefficient (Wildman–Crippen LogP) is 1.47. The van der Waals surface area contributed by atoms with Gasteiger partial charge in [-0.15, -0.1) is 0 Å². The van der Waals surface area contributed by atoms with Crippen molar-refractivity contribution in [1.82, 2.24) is 4.31 Å². The van der Waals surface area contributed by atoms with Gasteiger partial charge in [0, 0.05) is 25.2 Å². The Bertz CT molecular complexity index is 543. The molecule has 0 bridgehead atoms. The molecule has 1 aromatic rings. The molecule has 0 saturated carbocycles. The normalized spacial score (nSPS) is 21.5. The van der Waals surface area contributed by atoms with Crippen molar-refractivity contribution in [1.29, 1.82) is 0 Å². The fraction of sp³-hybridized carbons (Fsp3) is 0.500. The fourth-order valence-corrected chi connectivity index (χ4v) is 4.09. The van der Waals surface area contributed by atoms with Gasteiger partial charge in [0.2, 0.25) is 10.0 Å². The van der Waals surface area contributed by atoms with E-state index in [-0.39, 0.29) is 17.5 Å². The second-order valence-electron chi connectivity index (χ2n) is 4.61. The highest BCUT2D eigenvalue weighted by Gasteiger charge is 2.33. The molecule has 0 spiro atoms. The van der Waals surface area contributed by atoms with Gasteiger partial charge in [0.15, 0.2) is 0 Å². The molecule has 106 valence electrons. The number of sulfonamides is 1. The second-order valence-corrected chi connectivity index (χ2v) is 6.50. The minimum absolute atomic E-state index is 0.205. The van der Waals surface area contributed by atoms with Gasteiger partial charge in [-0.1, -0.05) is 6.42 Å². The van der Waals surface area contributed by atoms with E-state index in [1.165, 1.54) is 4.31 Å². The van der Waals surface area contributed by atoms with Crippen molar-refractivity contribution < 1.29 is 17.2 Å². The molecule has 1 saturated heterocycles. The van der Waals surface area contributed by atoms with E-state index in [1.807, 2.05) is 0 Å². The highest BCUT2D eigenvalue weighted by Crippen LogP contribution is 2.25. The summed E-state index contributed by atoms with van der Waals surface area (Å²) >= 11 is 0. The molecule has 1 unspecified atom stereocenters. The number of halogens is 2. The SMILES string of the molecule is NCC1CCCCN1S(=O)(=O)c1cc(F)cc(F)c1. The number of nitrogens with zero attached hydrogens (tertiary/aromatic N) is 1. The third-order valence-electron chi connectivity index (χ3n) is 3.29. The van der Waals surface area contributed by atoms with Crippen LogP contribution in [0.25, 0.3) is 0 Å². The lowest BCUT2D eigenvalue weighted by Gasteiger charge is -2.33. The van der Waals surface area contributed by atoms with Crippen LogP contribution in [0.2, 0.25) is 0 Å². The van der Waals surface area contributed by atoms with Crippen molar-refractivity contribution in [2.75, 3.05) is 13.1 Å². The molecule has 7 heteroatoms. The molecule has 1 heterocycles. The summed E-state index contributed by atoms with van der Waals surface area (Å²) in [6.07, 6.45) is 2.31. The first-order valence-corrected chi connectivity index (χ1v) is 7.57. The molecular formula is C12H16F2N2O2S. The zero-order valence-corrected chi connectivity index (χ0v) is 11.2. The zero-order valence-electron chi connectivity index (χ0n) is 10.4. The minimum Gasteiger partial charge on any atom is -0.329 e. The van der Waals surface area contributed by atoms with Crippen LogP contribution in [0.3, 0.4) is 0 Å². The van der Waals surface area contributed by atoms with Crippen LogP contribution in [0.5, 0.6) is 0 Å². The van der Waals surface area contributed by atoms with E-state index in [4.69, 9.17) is 5.73 Å². The van der Waals surface area contributed by atoms with Gasteiger partial charge < -0.3 is 5.73 Å². The summed E-state index contributed by atoms with van der Waals surface area (Å²) in [5, 5.41) is 0. The van der Waals surface area contributed by atoms with Gasteiger partial charge in [-0.3, -0.25) is 0 Å². The Balaban J connectivity index is 2.40. The highest BCUT2D eigenvalue weighted by molar-refractivity contribution is 7.89. The Hall–Kier alpha value is -1.05. The van der Waals surface area contributed by atoms with E-state index < -0.39 is 21.7 Å². The number of benzene rings is 1. The molecule has 0 aliphatic carbocycles. The molecule has 0 radical (unpaired) electrons. The average Bonchev–Trinajstić information content (AvgIpc) is 2.37. The van der Waals surface area contributed by atoms with Crippen LogP contribution in [0.1, 0.15) is 19.3 Å². The average molecular weight is 290 g/mol. The topological polar surface area (TPSA) is 63.4 Å². The first-order chi connectivity index (χ1) is 8.95. The lowest BCUT2D eigenvalue weighted by atomic mass is 10.1. The Labute approximate surface area is 111 Å². The Kier molecular flexibility index (Phi) is 4.17. The highest BCUT2D eigenvalue weighted by atomic mass is 32.2. The number of rotatable bonds is 3. The Morgan fingerprint density at radius 2 is 1.84 bits per heavy atom. The van der Waals surface area contributed by atoms with E-state index in [0.29, 0.717) is 19.0 Å². The van der Waals surface area contributed by atoms with Crippen LogP contribution in [-0.4, -0.2) is 31.9 Å². The number of hydrogen-bond donors (Lipinski definition) is 1. The molecule has 0 aromatic heterocycles. The van der Waals surface area contributed by atoms with Crippen molar-refractivity contribution in [3.63, 3.8) is 0 Å². The van der Waals surface area contributed by atoms with Gasteiger partial charge in [-0.25, -0.2) is 17.2 Å². The maximum atomic E-state index is 13.2. The van der Waals surface area contributed by atoms with Crippen LogP contribution >= 0.6 is 0 Å². The van der Waals surface area contributed by atoms with Crippen molar-refractivity contribution in [3.05, 3.63) is 29.8 Å².